The molecule has 4 fully saturated rings. The molecule has 2 aliphatic carbocycles. The van der Waals surface area contributed by atoms with Crippen LogP contribution in [-0.2, 0) is 26.3 Å². The number of nitrogen functional groups attached to an aromatic ring is 1. The zero-order chi connectivity index (χ0) is 45.7. The monoisotopic (exact) mass is 902 g/mol. The number of aromatic nitrogens is 2. The smallest absolute Gasteiger partial charge is 0.255 e. The van der Waals surface area contributed by atoms with Gasteiger partial charge in [-0.2, -0.15) is 4.98 Å². The zero-order valence-corrected chi connectivity index (χ0v) is 38.6. The van der Waals surface area contributed by atoms with Crippen LogP contribution in [0.2, 0.25) is 0 Å². The zero-order valence-electron chi connectivity index (χ0n) is 37.7. The lowest BCUT2D eigenvalue weighted by atomic mass is 9.90. The summed E-state index contributed by atoms with van der Waals surface area (Å²) in [6, 6.07) is 22.9. The number of amides is 2. The van der Waals surface area contributed by atoms with E-state index in [0.29, 0.717) is 30.4 Å². The minimum Gasteiger partial charge on any atom is -0.488 e. The van der Waals surface area contributed by atoms with E-state index in [9.17, 15) is 24.3 Å². The van der Waals surface area contributed by atoms with Crippen LogP contribution in [0.3, 0.4) is 0 Å². The van der Waals surface area contributed by atoms with Crippen molar-refractivity contribution >= 4 is 53.6 Å². The average molecular weight is 903 g/mol. The number of likely N-dealkylation sites (N-methyl/N-ethyl adjacent to an activating group) is 2. The number of aliphatic hydroxyl groups is 1. The molecule has 5 aliphatic rings. The number of carbonyl (C=O) groups is 4. The molecule has 15 heteroatoms. The summed E-state index contributed by atoms with van der Waals surface area (Å²) in [6.07, 6.45) is 11.6. The third kappa shape index (κ3) is 10.5. The SMILES string of the molecule is CN(c1nc(N)ncc1C1(C=O)CC1)C1CCCC[C@@H]1O.CNC(=O)C(CCC=O)N1Cc2cc(N3CCC(N4CC(Oc5cccc(Sc6ccc(C)cc6)c5)C4)CC3)ccc2C1=O. The fourth-order valence-electron chi connectivity index (χ4n) is 9.77. The molecule has 4 aromatic rings. The molecule has 65 heavy (non-hydrogen) atoms. The number of anilines is 3. The van der Waals surface area contributed by atoms with Crippen LogP contribution in [0.5, 0.6) is 5.75 Å². The maximum absolute atomic E-state index is 13.1. The van der Waals surface area contributed by atoms with Crippen LogP contribution in [0.25, 0.3) is 0 Å². The van der Waals surface area contributed by atoms with Crippen molar-refractivity contribution in [1.29, 1.82) is 0 Å². The number of hydrogen-bond donors (Lipinski definition) is 3. The van der Waals surface area contributed by atoms with Crippen molar-refractivity contribution in [2.45, 2.75) is 123 Å². The molecule has 2 saturated carbocycles. The van der Waals surface area contributed by atoms with Gasteiger partial charge in [0.05, 0.1) is 17.6 Å². The molecule has 2 amide bonds. The summed E-state index contributed by atoms with van der Waals surface area (Å²) in [6.45, 7) is 6.31. The van der Waals surface area contributed by atoms with Gasteiger partial charge in [-0.3, -0.25) is 14.5 Å². The van der Waals surface area contributed by atoms with Gasteiger partial charge in [0.2, 0.25) is 11.9 Å². The normalized spacial score (nSPS) is 21.0. The van der Waals surface area contributed by atoms with Crippen molar-refractivity contribution in [3.8, 4) is 5.75 Å². The van der Waals surface area contributed by atoms with E-state index < -0.39 is 11.5 Å². The summed E-state index contributed by atoms with van der Waals surface area (Å²) in [5, 5.41) is 12.9. The predicted octanol–water partition coefficient (Wildman–Crippen LogP) is 5.96. The highest BCUT2D eigenvalue weighted by molar-refractivity contribution is 7.99. The standard InChI is InChI=1S/C35H40N4O4S.C15H22N4O2/c1-24-8-11-30(12-9-24)44-31-6-3-5-28(20-31)43-29-22-38(23-29)26-14-16-37(17-15-26)27-10-13-32-25(19-27)21-39(35(32)42)33(7-4-18-40)34(41)36-2;1-19(11-4-2-3-5-12(11)21)13-10(8-17-14(16)18-13)15(9-20)6-7-15/h3,5-6,8-13,18-20,26,29,33H,4,7,14-17,21-23H2,1-2H3,(H,36,41);8-9,11-12,21H,2-7H2,1H3,(H2,16,17,18)/t;11?,12-/m.0/s1. The molecule has 0 bridgehead atoms. The number of nitrogens with one attached hydrogen (secondary N) is 1. The Morgan fingerprint density at radius 1 is 1.03 bits per heavy atom. The fourth-order valence-corrected chi connectivity index (χ4v) is 10.6. The van der Waals surface area contributed by atoms with E-state index in [1.165, 1.54) is 15.4 Å². The molecule has 2 saturated heterocycles. The van der Waals surface area contributed by atoms with Gasteiger partial charge in [0.1, 0.15) is 36.3 Å². The second-order valence-corrected chi connectivity index (χ2v) is 19.4. The number of likely N-dealkylation sites (tertiary alicyclic amines) is 1. The van der Waals surface area contributed by atoms with E-state index in [1.807, 2.05) is 30.1 Å². The molecule has 344 valence electrons. The van der Waals surface area contributed by atoms with Gasteiger partial charge in [0, 0.05) is 92.1 Å². The molecule has 1 aromatic heterocycles. The number of rotatable bonds is 15. The third-order valence-electron chi connectivity index (χ3n) is 13.9. The molecule has 9 rings (SSSR count). The molecular formula is C50H62N8O6S. The Bertz CT molecular complexity index is 2330. The summed E-state index contributed by atoms with van der Waals surface area (Å²) in [7, 11) is 3.48. The summed E-state index contributed by atoms with van der Waals surface area (Å²) < 4.78 is 6.34. The number of benzene rings is 3. The van der Waals surface area contributed by atoms with Crippen molar-refractivity contribution in [2.24, 2.45) is 0 Å². The van der Waals surface area contributed by atoms with Crippen molar-refractivity contribution < 1.29 is 29.0 Å². The van der Waals surface area contributed by atoms with Gasteiger partial charge in [-0.05, 0) is 106 Å². The van der Waals surface area contributed by atoms with Crippen LogP contribution in [0.4, 0.5) is 17.5 Å². The second-order valence-electron chi connectivity index (χ2n) is 18.2. The summed E-state index contributed by atoms with van der Waals surface area (Å²) in [4.78, 5) is 67.4. The highest BCUT2D eigenvalue weighted by Gasteiger charge is 2.48. The lowest BCUT2D eigenvalue weighted by molar-refractivity contribution is -0.125. The molecule has 14 nitrogen and oxygen atoms in total. The first-order valence-corrected chi connectivity index (χ1v) is 23.9. The number of ether oxygens (including phenoxy) is 1. The molecule has 4 N–H and O–H groups in total. The summed E-state index contributed by atoms with van der Waals surface area (Å²) in [5.41, 5.74) is 10.1. The predicted molar refractivity (Wildman–Crippen MR) is 253 cm³/mol. The number of carbonyl (C=O) groups excluding carboxylic acids is 4. The number of nitrogens with zero attached hydrogens (tertiary/aromatic N) is 6. The Hall–Kier alpha value is -5.51. The Morgan fingerprint density at radius 2 is 1.78 bits per heavy atom. The number of hydrogen-bond acceptors (Lipinski definition) is 13. The first-order chi connectivity index (χ1) is 31.5. The maximum Gasteiger partial charge on any atom is 0.255 e. The van der Waals surface area contributed by atoms with E-state index in [4.69, 9.17) is 10.5 Å². The number of piperidine rings is 1. The first kappa shape index (κ1) is 46.0. The Labute approximate surface area is 386 Å². The number of aldehydes is 2. The molecule has 4 heterocycles. The van der Waals surface area contributed by atoms with Crippen LogP contribution in [-0.4, -0.2) is 120 Å². The minimum atomic E-state index is -0.643. The largest absolute Gasteiger partial charge is 0.488 e. The minimum absolute atomic E-state index is 0.0225. The second kappa shape index (κ2) is 20.3. The van der Waals surface area contributed by atoms with E-state index in [-0.39, 0.29) is 42.4 Å². The van der Waals surface area contributed by atoms with E-state index in [2.05, 4.69) is 80.5 Å². The Balaban J connectivity index is 0.000000228. The molecule has 2 unspecified atom stereocenters. The number of nitrogens with two attached hydrogens (primary N) is 1. The molecular weight excluding hydrogens is 841 g/mol. The molecule has 3 atom stereocenters. The van der Waals surface area contributed by atoms with E-state index >= 15 is 0 Å². The van der Waals surface area contributed by atoms with Gasteiger partial charge in [-0.25, -0.2) is 4.98 Å². The van der Waals surface area contributed by atoms with Crippen LogP contribution < -0.4 is 25.6 Å². The van der Waals surface area contributed by atoms with E-state index in [0.717, 1.165) is 113 Å². The van der Waals surface area contributed by atoms with Crippen molar-refractivity contribution in [3.63, 3.8) is 0 Å². The van der Waals surface area contributed by atoms with Gasteiger partial charge in [-0.15, -0.1) is 0 Å². The highest BCUT2D eigenvalue weighted by atomic mass is 32.2. The van der Waals surface area contributed by atoms with Crippen LogP contribution in [0.15, 0.2) is 82.7 Å². The van der Waals surface area contributed by atoms with Crippen molar-refractivity contribution in [1.82, 2.24) is 25.1 Å². The van der Waals surface area contributed by atoms with Gasteiger partial charge >= 0.3 is 0 Å². The summed E-state index contributed by atoms with van der Waals surface area (Å²) in [5.74, 6) is 1.45. The van der Waals surface area contributed by atoms with Crippen LogP contribution in [0.1, 0.15) is 91.3 Å². The topological polar surface area (TPSA) is 175 Å². The quantitative estimate of drug-likeness (QED) is 0.120. The van der Waals surface area contributed by atoms with Gasteiger partial charge in [0.15, 0.2) is 0 Å². The Kier molecular flexibility index (Phi) is 14.4. The Morgan fingerprint density at radius 3 is 2.48 bits per heavy atom. The van der Waals surface area contributed by atoms with Gasteiger partial charge in [0.25, 0.3) is 5.91 Å². The summed E-state index contributed by atoms with van der Waals surface area (Å²) >= 11 is 1.76. The molecule has 0 radical (unpaired) electrons. The van der Waals surface area contributed by atoms with Crippen molar-refractivity contribution in [2.75, 3.05) is 55.8 Å². The van der Waals surface area contributed by atoms with E-state index in [1.54, 1.807) is 29.9 Å². The average Bonchev–Trinajstić information content (AvgIpc) is 4.05. The third-order valence-corrected chi connectivity index (χ3v) is 14.9. The highest BCUT2D eigenvalue weighted by Crippen LogP contribution is 2.49. The lowest BCUT2D eigenvalue weighted by Crippen LogP contribution is -2.59. The first-order valence-electron chi connectivity index (χ1n) is 23.1. The number of aryl methyl sites for hydroxylation is 1. The number of aliphatic hydroxyl groups excluding tert-OH is 1. The van der Waals surface area contributed by atoms with Crippen LogP contribution in [0, 0.1) is 6.92 Å². The molecule has 3 aromatic carbocycles. The fraction of sp³-hybridized carbons (Fsp3) is 0.480. The van der Waals surface area contributed by atoms with Crippen molar-refractivity contribution in [3.05, 3.63) is 95.2 Å². The molecule has 0 spiro atoms. The lowest BCUT2D eigenvalue weighted by Gasteiger charge is -2.47. The maximum atomic E-state index is 13.1. The number of fused-ring (bicyclic) bond motifs is 1. The van der Waals surface area contributed by atoms with Gasteiger partial charge < -0.3 is 45.2 Å². The van der Waals surface area contributed by atoms with Gasteiger partial charge in [-0.1, -0.05) is 48.4 Å². The molecule has 3 aliphatic heterocycles. The van der Waals surface area contributed by atoms with Crippen LogP contribution >= 0.6 is 11.8 Å².